The molecule has 0 saturated heterocycles. The van der Waals surface area contributed by atoms with E-state index in [4.69, 9.17) is 8.83 Å². The fourth-order valence-electron chi connectivity index (χ4n) is 3.65. The number of hydrogen-bond acceptors (Lipinski definition) is 6. The van der Waals surface area contributed by atoms with Gasteiger partial charge in [0.05, 0.1) is 24.1 Å². The molecule has 154 valence electrons. The summed E-state index contributed by atoms with van der Waals surface area (Å²) in [7, 11) is 0. The number of fused-ring (bicyclic) bond motifs is 2. The molecule has 1 aliphatic rings. The van der Waals surface area contributed by atoms with E-state index in [9.17, 15) is 18.0 Å². The summed E-state index contributed by atoms with van der Waals surface area (Å²) < 4.78 is 50.2. The van der Waals surface area contributed by atoms with Gasteiger partial charge in [0.25, 0.3) is 5.91 Å². The van der Waals surface area contributed by atoms with Gasteiger partial charge in [-0.2, -0.15) is 0 Å². The zero-order chi connectivity index (χ0) is 20.8. The van der Waals surface area contributed by atoms with E-state index in [1.807, 2.05) is 0 Å². The number of imidazole rings is 1. The predicted octanol–water partition coefficient (Wildman–Crippen LogP) is 3.27. The molecule has 5 rings (SSSR count). The Morgan fingerprint density at radius 1 is 1.33 bits per heavy atom. The number of H-pyrrole nitrogens is 1. The van der Waals surface area contributed by atoms with Crippen molar-refractivity contribution < 1.29 is 26.8 Å². The van der Waals surface area contributed by atoms with Crippen molar-refractivity contribution in [3.8, 4) is 0 Å². The quantitative estimate of drug-likeness (QED) is 0.547. The second-order valence-corrected chi connectivity index (χ2v) is 6.80. The van der Waals surface area contributed by atoms with Gasteiger partial charge < -0.3 is 18.7 Å². The van der Waals surface area contributed by atoms with Crippen LogP contribution in [0.25, 0.3) is 11.1 Å². The van der Waals surface area contributed by atoms with Crippen LogP contribution in [-0.2, 0) is 12.8 Å². The Morgan fingerprint density at radius 2 is 2.20 bits per heavy atom. The lowest BCUT2D eigenvalue weighted by molar-refractivity contribution is 0.0631. The highest BCUT2D eigenvalue weighted by molar-refractivity contribution is 5.93. The van der Waals surface area contributed by atoms with Crippen molar-refractivity contribution in [2.45, 2.75) is 25.3 Å². The van der Waals surface area contributed by atoms with Crippen molar-refractivity contribution >= 4 is 17.0 Å². The Morgan fingerprint density at radius 3 is 3.03 bits per heavy atom. The van der Waals surface area contributed by atoms with E-state index in [-0.39, 0.29) is 29.4 Å². The van der Waals surface area contributed by atoms with Gasteiger partial charge in [-0.1, -0.05) is 0 Å². The molecule has 1 aliphatic heterocycles. The van der Waals surface area contributed by atoms with Gasteiger partial charge in [-0.05, 0) is 12.1 Å². The van der Waals surface area contributed by atoms with Gasteiger partial charge in [-0.25, -0.2) is 28.1 Å². The van der Waals surface area contributed by atoms with Crippen molar-refractivity contribution in [3.05, 3.63) is 65.5 Å². The summed E-state index contributed by atoms with van der Waals surface area (Å²) in [6, 6.07) is 3.07. The molecule has 0 saturated carbocycles. The van der Waals surface area contributed by atoms with Gasteiger partial charge in [0.2, 0.25) is 18.1 Å². The Bertz CT molecular complexity index is 1230. The van der Waals surface area contributed by atoms with Crippen molar-refractivity contribution in [1.82, 2.24) is 24.8 Å². The van der Waals surface area contributed by atoms with Crippen molar-refractivity contribution in [1.29, 1.82) is 0 Å². The topological polar surface area (TPSA) is 101 Å². The first-order valence-electron chi connectivity index (χ1n) is 9.11. The number of rotatable bonds is 4. The molecule has 11 heteroatoms. The summed E-state index contributed by atoms with van der Waals surface area (Å²) >= 11 is 0. The summed E-state index contributed by atoms with van der Waals surface area (Å²) in [6.45, 7) is 0.237. The number of nitrogens with zero attached hydrogens (tertiary/aromatic N) is 4. The van der Waals surface area contributed by atoms with Crippen LogP contribution in [0.3, 0.4) is 0 Å². The summed E-state index contributed by atoms with van der Waals surface area (Å²) in [5.41, 5.74) is 1.82. The maximum atomic E-state index is 13.6. The molecule has 1 N–H and O–H groups in total. The second kappa shape index (κ2) is 7.01. The van der Waals surface area contributed by atoms with E-state index in [0.29, 0.717) is 17.7 Å². The Kier molecular flexibility index (Phi) is 4.30. The van der Waals surface area contributed by atoms with Crippen LogP contribution in [0, 0.1) is 5.82 Å². The van der Waals surface area contributed by atoms with Crippen molar-refractivity contribution in [2.24, 2.45) is 0 Å². The fourth-order valence-corrected chi connectivity index (χ4v) is 3.65. The van der Waals surface area contributed by atoms with Crippen LogP contribution < -0.4 is 0 Å². The molecule has 0 fully saturated rings. The number of carbonyl (C=O) groups excluding carboxylic acids is 1. The molecule has 30 heavy (non-hydrogen) atoms. The first kappa shape index (κ1) is 18.4. The molecule has 0 bridgehead atoms. The van der Waals surface area contributed by atoms with Crippen LogP contribution in [0.5, 0.6) is 0 Å². The van der Waals surface area contributed by atoms with Crippen LogP contribution in [0.2, 0.25) is 0 Å². The highest BCUT2D eigenvalue weighted by atomic mass is 19.3. The third-order valence-corrected chi connectivity index (χ3v) is 4.97. The minimum Gasteiger partial charge on any atom is -0.438 e. The van der Waals surface area contributed by atoms with Crippen LogP contribution in [0.15, 0.2) is 39.8 Å². The van der Waals surface area contributed by atoms with Crippen LogP contribution in [0.4, 0.5) is 13.2 Å². The van der Waals surface area contributed by atoms with Crippen molar-refractivity contribution in [3.63, 3.8) is 0 Å². The predicted molar refractivity (Wildman–Crippen MR) is 95.3 cm³/mol. The van der Waals surface area contributed by atoms with Gasteiger partial charge in [-0.15, -0.1) is 0 Å². The molecule has 0 unspecified atom stereocenters. The number of oxazole rings is 2. The van der Waals surface area contributed by atoms with Gasteiger partial charge >= 0.3 is 0 Å². The number of amides is 1. The maximum absolute atomic E-state index is 13.6. The zero-order valence-electron chi connectivity index (χ0n) is 15.3. The number of benzene rings is 1. The summed E-state index contributed by atoms with van der Waals surface area (Å²) in [4.78, 5) is 30.0. The average Bonchev–Trinajstić information content (AvgIpc) is 3.44. The van der Waals surface area contributed by atoms with E-state index in [1.165, 1.54) is 29.4 Å². The molecule has 0 radical (unpaired) electrons. The first-order chi connectivity index (χ1) is 14.5. The monoisotopic (exact) mass is 417 g/mol. The molecule has 0 aliphatic carbocycles. The molecule has 1 amide bonds. The minimum atomic E-state index is -2.68. The summed E-state index contributed by atoms with van der Waals surface area (Å²) in [6.07, 6.45) is -0.461. The average molecular weight is 417 g/mol. The Balaban J connectivity index is 1.58. The number of halogens is 3. The SMILES string of the molecule is O=C(c1ocnc1CC(F)F)N1CCc2[nH]cnc2[C@H]1c1nc2cc(F)ccc2o1. The van der Waals surface area contributed by atoms with Gasteiger partial charge in [0.15, 0.2) is 18.0 Å². The lowest BCUT2D eigenvalue weighted by Crippen LogP contribution is -2.41. The van der Waals surface area contributed by atoms with E-state index in [0.717, 1.165) is 12.1 Å². The fraction of sp³-hybridized carbons (Fsp3) is 0.263. The molecule has 0 spiro atoms. The lowest BCUT2D eigenvalue weighted by Gasteiger charge is -2.32. The molecular weight excluding hydrogens is 403 g/mol. The summed E-state index contributed by atoms with van der Waals surface area (Å²) in [5, 5.41) is 0. The molecule has 4 heterocycles. The Hall–Kier alpha value is -3.63. The largest absolute Gasteiger partial charge is 0.438 e. The minimum absolute atomic E-state index is 0.124. The van der Waals surface area contributed by atoms with E-state index in [1.54, 1.807) is 0 Å². The number of aromatic nitrogens is 4. The smallest absolute Gasteiger partial charge is 0.292 e. The first-order valence-corrected chi connectivity index (χ1v) is 9.11. The maximum Gasteiger partial charge on any atom is 0.292 e. The second-order valence-electron chi connectivity index (χ2n) is 6.80. The molecule has 3 aromatic heterocycles. The highest BCUT2D eigenvalue weighted by Crippen LogP contribution is 2.36. The van der Waals surface area contributed by atoms with Gasteiger partial charge in [0.1, 0.15) is 11.3 Å². The Labute approximate surface area is 166 Å². The van der Waals surface area contributed by atoms with Crippen LogP contribution in [0.1, 0.15) is 39.6 Å². The van der Waals surface area contributed by atoms with Crippen molar-refractivity contribution in [2.75, 3.05) is 6.54 Å². The zero-order valence-corrected chi connectivity index (χ0v) is 15.3. The highest BCUT2D eigenvalue weighted by Gasteiger charge is 2.39. The molecule has 1 aromatic carbocycles. The van der Waals surface area contributed by atoms with Crippen LogP contribution >= 0.6 is 0 Å². The molecule has 1 atom stereocenters. The third-order valence-electron chi connectivity index (χ3n) is 4.97. The molecule has 4 aromatic rings. The third kappa shape index (κ3) is 3.02. The normalized spacial score (nSPS) is 16.4. The standard InChI is InChI=1S/C19H14F3N5O3/c20-9-1-2-13-11(5-9)26-18(30-13)16-15-10(23-7-24-15)3-4-27(16)19(28)17-12(6-14(21)22)25-8-29-17/h1-2,5,7-8,14,16H,3-4,6H2,(H,23,24)/t16-/m0/s1. The number of hydrogen-bond donors (Lipinski definition) is 1. The van der Waals surface area contributed by atoms with E-state index < -0.39 is 30.6 Å². The van der Waals surface area contributed by atoms with E-state index in [2.05, 4.69) is 19.9 Å². The number of carbonyl (C=O) groups is 1. The van der Waals surface area contributed by atoms with E-state index >= 15 is 0 Å². The van der Waals surface area contributed by atoms with Gasteiger partial charge in [-0.3, -0.25) is 4.79 Å². The lowest BCUT2D eigenvalue weighted by atomic mass is 10.0. The number of aromatic amines is 1. The number of nitrogens with one attached hydrogen (secondary N) is 1. The summed E-state index contributed by atoms with van der Waals surface area (Å²) in [5.74, 6) is -1.23. The van der Waals surface area contributed by atoms with Gasteiger partial charge in [0, 0.05) is 24.7 Å². The molecule has 8 nitrogen and oxygen atoms in total. The molecular formula is C19H14F3N5O3. The van der Waals surface area contributed by atoms with Crippen LogP contribution in [-0.4, -0.2) is 43.7 Å². The number of alkyl halides is 2.